The van der Waals surface area contributed by atoms with Crippen LogP contribution >= 0.6 is 0 Å². The summed E-state index contributed by atoms with van der Waals surface area (Å²) in [7, 11) is 1.59. The molecular formula is C27H33FN2O6. The second kappa shape index (κ2) is 11.5. The zero-order valence-electron chi connectivity index (χ0n) is 20.6. The standard InChI is InChI=1S/C27H33FN2O6/c1-16(2)25-19(13-17-7-6-8-18(34-3)12-11-17)27(29-30(25)21-10-5-4-9-20(21)28)36-24-14-22(32)26(33)23(15-31)35-24/h4-5,7-12,16,22-24,26-27,29,31-33H,13-15H2,1-3H3/t22-,23?,24+,26+,27?/m1/s1. The molecule has 8 nitrogen and oxygen atoms in total. The predicted octanol–water partition coefficient (Wildman–Crippen LogP) is 2.80. The first kappa shape index (κ1) is 26.3. The lowest BCUT2D eigenvalue weighted by molar-refractivity contribution is -0.267. The van der Waals surface area contributed by atoms with Gasteiger partial charge in [0.2, 0.25) is 0 Å². The van der Waals surface area contributed by atoms with Crippen molar-refractivity contribution in [2.45, 2.75) is 57.5 Å². The van der Waals surface area contributed by atoms with Crippen molar-refractivity contribution in [1.82, 2.24) is 5.43 Å². The van der Waals surface area contributed by atoms with Crippen LogP contribution < -0.4 is 10.4 Å². The second-order valence-electron chi connectivity index (χ2n) is 9.22. The number of hydrogen-bond acceptors (Lipinski definition) is 8. The average Bonchev–Trinajstić information content (AvgIpc) is 3.04. The number of hydrazine groups is 1. The predicted molar refractivity (Wildman–Crippen MR) is 132 cm³/mol. The van der Waals surface area contributed by atoms with Crippen molar-refractivity contribution in [2.24, 2.45) is 5.92 Å². The quantitative estimate of drug-likeness (QED) is 0.404. The van der Waals surface area contributed by atoms with Gasteiger partial charge in [0.05, 0.1) is 25.5 Å². The first-order valence-electron chi connectivity index (χ1n) is 12.0. The number of nitrogens with zero attached hydrogens (tertiary/aromatic N) is 1. The van der Waals surface area contributed by atoms with Gasteiger partial charge in [0, 0.05) is 23.8 Å². The molecule has 4 N–H and O–H groups in total. The maximum absolute atomic E-state index is 14.9. The minimum Gasteiger partial charge on any atom is -0.496 e. The van der Waals surface area contributed by atoms with E-state index in [1.807, 2.05) is 32.1 Å². The molecule has 4 rings (SSSR count). The Bertz CT molecular complexity index is 1110. The Morgan fingerprint density at radius 2 is 2.00 bits per heavy atom. The van der Waals surface area contributed by atoms with Crippen molar-refractivity contribution in [1.29, 1.82) is 0 Å². The van der Waals surface area contributed by atoms with Crippen molar-refractivity contribution in [3.8, 4) is 0 Å². The molecule has 36 heavy (non-hydrogen) atoms. The highest BCUT2D eigenvalue weighted by molar-refractivity contribution is 5.56. The highest BCUT2D eigenvalue weighted by atomic mass is 19.1. The van der Waals surface area contributed by atoms with Gasteiger partial charge in [-0.05, 0) is 42.2 Å². The third kappa shape index (κ3) is 5.63. The number of methoxy groups -OCH3 is 1. The maximum atomic E-state index is 14.9. The second-order valence-corrected chi connectivity index (χ2v) is 9.22. The molecule has 0 aromatic heterocycles. The number of rotatable bonds is 8. The lowest BCUT2D eigenvalue weighted by atomic mass is 9.97. The molecule has 0 radical (unpaired) electrons. The maximum Gasteiger partial charge on any atom is 0.163 e. The summed E-state index contributed by atoms with van der Waals surface area (Å²) in [5.41, 5.74) is 9.36. The number of anilines is 1. The summed E-state index contributed by atoms with van der Waals surface area (Å²) in [4.78, 5) is 0. The highest BCUT2D eigenvalue weighted by Crippen LogP contribution is 2.37. The van der Waals surface area contributed by atoms with Gasteiger partial charge in [0.1, 0.15) is 23.8 Å². The fourth-order valence-electron chi connectivity index (χ4n) is 4.58. The first-order chi connectivity index (χ1) is 17.3. The van der Waals surface area contributed by atoms with Crippen LogP contribution in [0.2, 0.25) is 0 Å². The Balaban J connectivity index is 1.70. The summed E-state index contributed by atoms with van der Waals surface area (Å²) >= 11 is 0. The van der Waals surface area contributed by atoms with E-state index in [1.165, 1.54) is 6.07 Å². The molecule has 0 saturated carbocycles. The molecule has 0 amide bonds. The Kier molecular flexibility index (Phi) is 8.43. The van der Waals surface area contributed by atoms with Crippen LogP contribution in [0, 0.1) is 11.7 Å². The summed E-state index contributed by atoms with van der Waals surface area (Å²) in [6, 6.07) is 6.48. The van der Waals surface area contributed by atoms with E-state index in [9.17, 15) is 19.7 Å². The molecule has 1 fully saturated rings. The molecule has 5 atom stereocenters. The van der Waals surface area contributed by atoms with Crippen molar-refractivity contribution in [3.05, 3.63) is 82.7 Å². The minimum atomic E-state index is -1.21. The molecule has 0 bridgehead atoms. The Labute approximate surface area is 210 Å². The van der Waals surface area contributed by atoms with Gasteiger partial charge in [-0.1, -0.05) is 32.1 Å². The molecule has 194 valence electrons. The van der Waals surface area contributed by atoms with Crippen LogP contribution in [-0.4, -0.2) is 59.9 Å². The molecule has 3 aliphatic rings. The van der Waals surface area contributed by atoms with Gasteiger partial charge in [-0.2, -0.15) is 5.43 Å². The Morgan fingerprint density at radius 1 is 1.22 bits per heavy atom. The summed E-state index contributed by atoms with van der Waals surface area (Å²) in [5, 5.41) is 31.6. The minimum absolute atomic E-state index is 0.00145. The molecule has 2 unspecified atom stereocenters. The van der Waals surface area contributed by atoms with E-state index in [2.05, 4.69) is 11.2 Å². The van der Waals surface area contributed by atoms with E-state index < -0.39 is 37.4 Å². The Hall–Kier alpha value is -2.75. The van der Waals surface area contributed by atoms with Gasteiger partial charge >= 0.3 is 0 Å². The van der Waals surface area contributed by atoms with E-state index in [1.54, 1.807) is 36.4 Å². The number of nitrogens with one attached hydrogen (secondary N) is 1. The van der Waals surface area contributed by atoms with Crippen LogP contribution in [0.25, 0.3) is 0 Å². The third-order valence-electron chi connectivity index (χ3n) is 6.36. The van der Waals surface area contributed by atoms with E-state index in [0.717, 1.165) is 16.8 Å². The largest absolute Gasteiger partial charge is 0.496 e. The molecule has 1 aromatic rings. The summed E-state index contributed by atoms with van der Waals surface area (Å²) in [5.74, 6) is 0.282. The highest BCUT2D eigenvalue weighted by Gasteiger charge is 2.41. The van der Waals surface area contributed by atoms with Crippen molar-refractivity contribution >= 4 is 5.69 Å². The fourth-order valence-corrected chi connectivity index (χ4v) is 4.58. The van der Waals surface area contributed by atoms with Gasteiger partial charge in [0.25, 0.3) is 0 Å². The van der Waals surface area contributed by atoms with Gasteiger partial charge in [-0.15, -0.1) is 5.73 Å². The van der Waals surface area contributed by atoms with Crippen LogP contribution in [0.1, 0.15) is 26.7 Å². The summed E-state index contributed by atoms with van der Waals surface area (Å²) < 4.78 is 32.1. The van der Waals surface area contributed by atoms with Crippen LogP contribution in [0.4, 0.5) is 10.1 Å². The number of aliphatic hydroxyl groups excluding tert-OH is 3. The van der Waals surface area contributed by atoms with Crippen LogP contribution in [0.15, 0.2) is 76.9 Å². The zero-order valence-corrected chi connectivity index (χ0v) is 20.6. The number of aliphatic hydroxyl groups is 3. The van der Waals surface area contributed by atoms with Crippen molar-refractivity contribution in [2.75, 3.05) is 18.7 Å². The third-order valence-corrected chi connectivity index (χ3v) is 6.36. The van der Waals surface area contributed by atoms with Crippen molar-refractivity contribution in [3.63, 3.8) is 0 Å². The Morgan fingerprint density at radius 3 is 2.69 bits per heavy atom. The molecule has 1 aliphatic carbocycles. The smallest absolute Gasteiger partial charge is 0.163 e. The van der Waals surface area contributed by atoms with Gasteiger partial charge in [-0.25, -0.2) is 4.39 Å². The summed E-state index contributed by atoms with van der Waals surface area (Å²) in [6.45, 7) is 3.58. The first-order valence-corrected chi connectivity index (χ1v) is 12.0. The van der Waals surface area contributed by atoms with Gasteiger partial charge in [0.15, 0.2) is 12.5 Å². The van der Waals surface area contributed by atoms with E-state index >= 15 is 0 Å². The lowest BCUT2D eigenvalue weighted by Crippen LogP contribution is -2.52. The van der Waals surface area contributed by atoms with Crippen LogP contribution in [0.5, 0.6) is 0 Å². The molecule has 0 spiro atoms. The molecule has 1 saturated heterocycles. The lowest BCUT2D eigenvalue weighted by Gasteiger charge is -2.37. The molecule has 9 heteroatoms. The normalized spacial score (nSPS) is 28.4. The van der Waals surface area contributed by atoms with E-state index in [4.69, 9.17) is 14.2 Å². The van der Waals surface area contributed by atoms with E-state index in [0.29, 0.717) is 17.9 Å². The number of hydrogen-bond donors (Lipinski definition) is 4. The monoisotopic (exact) mass is 500 g/mol. The molecule has 2 heterocycles. The topological polar surface area (TPSA) is 104 Å². The molecule has 2 aliphatic heterocycles. The van der Waals surface area contributed by atoms with Gasteiger partial charge < -0.3 is 29.5 Å². The molecule has 1 aromatic carbocycles. The number of halogens is 1. The molecular weight excluding hydrogens is 467 g/mol. The zero-order chi connectivity index (χ0) is 25.8. The number of ether oxygens (including phenoxy) is 3. The number of benzene rings is 1. The SMILES string of the molecule is COC1=CC=C(CC2=C(C(C)C)N(c3ccccc3F)NC2O[C@H]2C[C@@H](O)[C@H](O)C(CO)O2)C=C=C1. The summed E-state index contributed by atoms with van der Waals surface area (Å²) in [6.07, 6.45) is 2.94. The van der Waals surface area contributed by atoms with Crippen LogP contribution in [0.3, 0.4) is 0 Å². The van der Waals surface area contributed by atoms with Crippen molar-refractivity contribution < 1.29 is 33.9 Å². The average molecular weight is 501 g/mol. The van der Waals surface area contributed by atoms with Gasteiger partial charge in [-0.3, -0.25) is 5.01 Å². The number of para-hydroxylation sites is 1. The van der Waals surface area contributed by atoms with E-state index in [-0.39, 0.29) is 18.2 Å². The number of allylic oxidation sites excluding steroid dienone is 5. The fraction of sp³-hybridized carbons (Fsp3) is 0.444. The van der Waals surface area contributed by atoms with Crippen LogP contribution in [-0.2, 0) is 14.2 Å².